The van der Waals surface area contributed by atoms with Crippen LogP contribution in [0, 0.1) is 0 Å². The molecule has 1 fully saturated rings. The van der Waals surface area contributed by atoms with Crippen LogP contribution in [-0.2, 0) is 14.3 Å². The van der Waals surface area contributed by atoms with E-state index in [1.807, 2.05) is 12.1 Å². The highest BCUT2D eigenvalue weighted by atomic mass is 35.5. The van der Waals surface area contributed by atoms with E-state index in [1.54, 1.807) is 24.3 Å². The van der Waals surface area contributed by atoms with E-state index < -0.39 is 11.9 Å². The maximum Gasteiger partial charge on any atom is 0.325 e. The van der Waals surface area contributed by atoms with Gasteiger partial charge in [0.15, 0.2) is 5.11 Å². The zero-order valence-corrected chi connectivity index (χ0v) is 14.7. The number of furan rings is 1. The first kappa shape index (κ1) is 17.2. The van der Waals surface area contributed by atoms with Gasteiger partial charge >= 0.3 is 5.97 Å². The van der Waals surface area contributed by atoms with Crippen LogP contribution >= 0.6 is 23.8 Å². The second kappa shape index (κ2) is 7.08. The maximum absolute atomic E-state index is 12.3. The number of esters is 1. The molecule has 1 aliphatic heterocycles. The van der Waals surface area contributed by atoms with E-state index in [4.69, 9.17) is 28.2 Å². The minimum absolute atomic E-state index is 0.145. The molecule has 0 radical (unpaired) electrons. The Balaban J connectivity index is 1.79. The molecule has 2 heterocycles. The van der Waals surface area contributed by atoms with Crippen molar-refractivity contribution in [3.63, 3.8) is 0 Å². The first-order valence-electron chi connectivity index (χ1n) is 7.25. The fraction of sp³-hybridized carbons (Fsp3) is 0.118. The van der Waals surface area contributed by atoms with Gasteiger partial charge in [0, 0.05) is 16.7 Å². The van der Waals surface area contributed by atoms with Crippen LogP contribution in [0.15, 0.2) is 46.5 Å². The Morgan fingerprint density at radius 1 is 1.32 bits per heavy atom. The number of nitrogens with one attached hydrogen (secondary N) is 1. The Bertz CT molecular complexity index is 873. The molecule has 0 bridgehead atoms. The Morgan fingerprint density at radius 3 is 2.72 bits per heavy atom. The molecule has 1 saturated heterocycles. The van der Waals surface area contributed by atoms with Gasteiger partial charge in [0.1, 0.15) is 23.8 Å². The number of hydrogen-bond donors (Lipinski definition) is 1. The number of benzene rings is 1. The van der Waals surface area contributed by atoms with Crippen molar-refractivity contribution in [1.29, 1.82) is 0 Å². The van der Waals surface area contributed by atoms with E-state index in [2.05, 4.69) is 10.1 Å². The van der Waals surface area contributed by atoms with Gasteiger partial charge in [-0.1, -0.05) is 11.6 Å². The van der Waals surface area contributed by atoms with Crippen molar-refractivity contribution >= 4 is 46.9 Å². The molecule has 1 aliphatic rings. The highest BCUT2D eigenvalue weighted by molar-refractivity contribution is 7.80. The van der Waals surface area contributed by atoms with Gasteiger partial charge in [-0.05, 0) is 48.6 Å². The minimum atomic E-state index is -0.554. The number of carbonyl (C=O) groups excluding carboxylic acids is 2. The van der Waals surface area contributed by atoms with Crippen LogP contribution in [0.5, 0.6) is 0 Å². The number of thiocarbonyl (C=S) groups is 1. The smallest absolute Gasteiger partial charge is 0.325 e. The lowest BCUT2D eigenvalue weighted by molar-refractivity contribution is -0.143. The molecule has 8 heteroatoms. The van der Waals surface area contributed by atoms with Crippen molar-refractivity contribution in [3.05, 3.63) is 52.9 Å². The molecule has 0 saturated carbocycles. The lowest BCUT2D eigenvalue weighted by Gasteiger charge is -2.11. The quantitative estimate of drug-likeness (QED) is 0.502. The number of methoxy groups -OCH3 is 1. The molecule has 0 atom stereocenters. The number of hydrogen-bond acceptors (Lipinski definition) is 5. The largest absolute Gasteiger partial charge is 0.468 e. The fourth-order valence-corrected chi connectivity index (χ4v) is 2.63. The van der Waals surface area contributed by atoms with Gasteiger partial charge in [-0.2, -0.15) is 0 Å². The summed E-state index contributed by atoms with van der Waals surface area (Å²) in [7, 11) is 1.25. The number of carbonyl (C=O) groups is 2. The highest BCUT2D eigenvalue weighted by Crippen LogP contribution is 2.25. The molecule has 3 rings (SSSR count). The van der Waals surface area contributed by atoms with E-state index in [9.17, 15) is 9.59 Å². The highest BCUT2D eigenvalue weighted by Gasteiger charge is 2.32. The van der Waals surface area contributed by atoms with Crippen LogP contribution in [-0.4, -0.2) is 35.5 Å². The average Bonchev–Trinajstić information content (AvgIpc) is 3.16. The summed E-state index contributed by atoms with van der Waals surface area (Å²) in [6.07, 6.45) is 1.53. The molecule has 6 nitrogen and oxygen atoms in total. The maximum atomic E-state index is 12.3. The van der Waals surface area contributed by atoms with Crippen molar-refractivity contribution in [2.75, 3.05) is 13.7 Å². The molecule has 25 heavy (non-hydrogen) atoms. The SMILES string of the molecule is COC(=O)CN1C(=O)/C(=C/c2ccc(-c3ccc(Cl)cc3)o2)NC1=S. The number of ether oxygens (including phenoxy) is 1. The van der Waals surface area contributed by atoms with E-state index in [1.165, 1.54) is 13.2 Å². The topological polar surface area (TPSA) is 71.8 Å². The summed E-state index contributed by atoms with van der Waals surface area (Å²) in [5.41, 5.74) is 1.09. The summed E-state index contributed by atoms with van der Waals surface area (Å²) in [6.45, 7) is -0.243. The molecule has 1 amide bonds. The molecule has 2 aromatic rings. The number of rotatable bonds is 4. The Morgan fingerprint density at radius 2 is 2.04 bits per heavy atom. The second-order valence-electron chi connectivity index (χ2n) is 5.16. The van der Waals surface area contributed by atoms with Gasteiger partial charge in [0.25, 0.3) is 5.91 Å². The van der Waals surface area contributed by atoms with Crippen LogP contribution < -0.4 is 5.32 Å². The van der Waals surface area contributed by atoms with Gasteiger partial charge in [-0.25, -0.2) is 0 Å². The molecule has 1 N–H and O–H groups in total. The molecule has 1 aromatic carbocycles. The summed E-state index contributed by atoms with van der Waals surface area (Å²) in [5.74, 6) is 0.146. The van der Waals surface area contributed by atoms with Crippen LogP contribution in [0.4, 0.5) is 0 Å². The summed E-state index contributed by atoms with van der Waals surface area (Å²) in [6, 6.07) is 10.7. The zero-order valence-electron chi connectivity index (χ0n) is 13.1. The monoisotopic (exact) mass is 376 g/mol. The van der Waals surface area contributed by atoms with E-state index >= 15 is 0 Å². The predicted octanol–water partition coefficient (Wildman–Crippen LogP) is 2.83. The fourth-order valence-electron chi connectivity index (χ4n) is 2.25. The average molecular weight is 377 g/mol. The Labute approximate surface area is 154 Å². The van der Waals surface area contributed by atoms with E-state index in [0.717, 1.165) is 10.5 Å². The van der Waals surface area contributed by atoms with Crippen LogP contribution in [0.25, 0.3) is 17.4 Å². The second-order valence-corrected chi connectivity index (χ2v) is 5.99. The summed E-state index contributed by atoms with van der Waals surface area (Å²) >= 11 is 10.9. The van der Waals surface area contributed by atoms with Crippen molar-refractivity contribution < 1.29 is 18.7 Å². The lowest BCUT2D eigenvalue weighted by Crippen LogP contribution is -2.35. The van der Waals surface area contributed by atoms with Gasteiger partial charge in [-0.3, -0.25) is 14.5 Å². The van der Waals surface area contributed by atoms with Gasteiger partial charge in [0.05, 0.1) is 7.11 Å². The molecular weight excluding hydrogens is 364 g/mol. The lowest BCUT2D eigenvalue weighted by atomic mass is 10.2. The minimum Gasteiger partial charge on any atom is -0.468 e. The third kappa shape index (κ3) is 3.72. The predicted molar refractivity (Wildman–Crippen MR) is 96.6 cm³/mol. The molecule has 0 aliphatic carbocycles. The number of amides is 1. The van der Waals surface area contributed by atoms with Gasteiger partial charge in [-0.15, -0.1) is 0 Å². The van der Waals surface area contributed by atoms with Crippen molar-refractivity contribution in [2.45, 2.75) is 0 Å². The first-order valence-corrected chi connectivity index (χ1v) is 8.03. The molecule has 0 unspecified atom stereocenters. The Kier molecular flexibility index (Phi) is 4.87. The standard InChI is InChI=1S/C17H13ClN2O4S/c1-23-15(21)9-20-16(22)13(19-17(20)25)8-12-6-7-14(24-12)10-2-4-11(18)5-3-10/h2-8H,9H2,1H3,(H,19,25)/b13-8-. The Hall–Kier alpha value is -2.64. The van der Waals surface area contributed by atoms with Crippen LogP contribution in [0.3, 0.4) is 0 Å². The summed E-state index contributed by atoms with van der Waals surface area (Å²) in [4.78, 5) is 24.8. The van der Waals surface area contributed by atoms with Crippen molar-refractivity contribution in [3.8, 4) is 11.3 Å². The third-order valence-electron chi connectivity index (χ3n) is 3.52. The zero-order chi connectivity index (χ0) is 18.0. The van der Waals surface area contributed by atoms with E-state index in [-0.39, 0.29) is 17.4 Å². The van der Waals surface area contributed by atoms with E-state index in [0.29, 0.717) is 16.5 Å². The van der Waals surface area contributed by atoms with Gasteiger partial charge < -0.3 is 14.5 Å². The molecule has 0 spiro atoms. The first-order chi connectivity index (χ1) is 12.0. The summed E-state index contributed by atoms with van der Waals surface area (Å²) < 4.78 is 10.3. The number of nitrogens with zero attached hydrogens (tertiary/aromatic N) is 1. The molecule has 128 valence electrons. The third-order valence-corrected chi connectivity index (χ3v) is 4.09. The normalized spacial score (nSPS) is 15.6. The van der Waals surface area contributed by atoms with Gasteiger partial charge in [0.2, 0.25) is 0 Å². The van der Waals surface area contributed by atoms with Crippen LogP contribution in [0.1, 0.15) is 5.76 Å². The summed E-state index contributed by atoms with van der Waals surface area (Å²) in [5, 5.41) is 3.55. The van der Waals surface area contributed by atoms with Crippen LogP contribution in [0.2, 0.25) is 5.02 Å². The van der Waals surface area contributed by atoms with Crippen molar-refractivity contribution in [2.24, 2.45) is 0 Å². The van der Waals surface area contributed by atoms with Crippen molar-refractivity contribution in [1.82, 2.24) is 10.2 Å². The number of halogens is 1. The molecular formula is C17H13ClN2O4S. The molecule has 1 aromatic heterocycles.